The van der Waals surface area contributed by atoms with Crippen LogP contribution >= 0.6 is 22.7 Å². The van der Waals surface area contributed by atoms with E-state index in [1.807, 2.05) is 12.3 Å². The highest BCUT2D eigenvalue weighted by atomic mass is 32.1. The molecule has 0 radical (unpaired) electrons. The zero-order valence-electron chi connectivity index (χ0n) is 16.4. The first-order valence-electron chi connectivity index (χ1n) is 10.4. The van der Waals surface area contributed by atoms with E-state index < -0.39 is 5.60 Å². The molecule has 3 aromatic heterocycles. The van der Waals surface area contributed by atoms with Gasteiger partial charge in [-0.25, -0.2) is 4.98 Å². The maximum atomic E-state index is 12.7. The van der Waals surface area contributed by atoms with E-state index in [0.717, 1.165) is 71.7 Å². The molecular formula is C22H29N3O2S2. The number of carbonyl (C=O) groups excluding carboxylic acids is 1. The molecule has 0 saturated heterocycles. The molecule has 29 heavy (non-hydrogen) atoms. The third-order valence-corrected chi connectivity index (χ3v) is 8.22. The van der Waals surface area contributed by atoms with Crippen LogP contribution in [-0.4, -0.2) is 33.0 Å². The smallest absolute Gasteiger partial charge is 0.138 e. The first kappa shape index (κ1) is 19.3. The number of nitrogens with zero attached hydrogens (tertiary/aromatic N) is 2. The molecule has 5 nitrogen and oxygen atoms in total. The molecule has 1 aliphatic heterocycles. The average molecular weight is 432 g/mol. The molecule has 0 atom stereocenters. The molecule has 7 heteroatoms. The van der Waals surface area contributed by atoms with Crippen LogP contribution in [-0.2, 0) is 24.2 Å². The summed E-state index contributed by atoms with van der Waals surface area (Å²) in [5, 5.41) is 14.4. The molecule has 0 aromatic carbocycles. The Bertz CT molecular complexity index is 1030. The number of unbranched alkanes of at least 4 members (excludes halogenated alkanes) is 1. The molecular weight excluding hydrogens is 402 g/mol. The quantitative estimate of drug-likeness (QED) is 0.503. The Morgan fingerprint density at radius 3 is 3.03 bits per heavy atom. The predicted octanol–water partition coefficient (Wildman–Crippen LogP) is 4.75. The average Bonchev–Trinajstić information content (AvgIpc) is 3.14. The number of pyridine rings is 1. The number of aliphatic hydroxyl groups is 1. The number of hydrogen-bond donors (Lipinski definition) is 2. The van der Waals surface area contributed by atoms with Gasteiger partial charge in [-0.05, 0) is 50.3 Å². The highest BCUT2D eigenvalue weighted by Gasteiger charge is 2.39. The van der Waals surface area contributed by atoms with Gasteiger partial charge in [0.2, 0.25) is 0 Å². The first-order valence-corrected chi connectivity index (χ1v) is 12.0. The lowest BCUT2D eigenvalue weighted by molar-refractivity contribution is -0.118. The van der Waals surface area contributed by atoms with E-state index in [4.69, 9.17) is 4.98 Å². The van der Waals surface area contributed by atoms with Gasteiger partial charge in [0, 0.05) is 43.8 Å². The minimum absolute atomic E-state index is 0. The number of Topliss-reactive ketones (excluding diaryl/α,β-unsaturated/α-hetero) is 1. The Labute approximate surface area is 181 Å². The number of thiophene rings is 1. The van der Waals surface area contributed by atoms with Crippen LogP contribution in [0.15, 0.2) is 18.5 Å². The summed E-state index contributed by atoms with van der Waals surface area (Å²) in [5.41, 5.74) is 3.10. The second-order valence-corrected chi connectivity index (χ2v) is 10.5. The third kappa shape index (κ3) is 4.14. The molecule has 2 N–H and O–H groups in total. The van der Waals surface area contributed by atoms with Crippen LogP contribution in [0.4, 0.5) is 0 Å². The lowest BCUT2D eigenvalue weighted by Gasteiger charge is -2.13. The van der Waals surface area contributed by atoms with Gasteiger partial charge in [0.15, 0.2) is 0 Å². The topological polar surface area (TPSA) is 75.1 Å². The minimum atomic E-state index is -0.405. The van der Waals surface area contributed by atoms with E-state index in [1.54, 1.807) is 28.9 Å². The Morgan fingerprint density at radius 2 is 2.21 bits per heavy atom. The second kappa shape index (κ2) is 7.87. The number of aromatic nitrogens is 2. The molecule has 4 heterocycles. The molecule has 5 rings (SSSR count). The maximum Gasteiger partial charge on any atom is 0.138 e. The van der Waals surface area contributed by atoms with Crippen molar-refractivity contribution in [3.05, 3.63) is 33.8 Å². The summed E-state index contributed by atoms with van der Waals surface area (Å²) >= 11 is 3.47. The van der Waals surface area contributed by atoms with Crippen molar-refractivity contribution >= 4 is 38.7 Å². The molecule has 0 bridgehead atoms. The van der Waals surface area contributed by atoms with Gasteiger partial charge < -0.3 is 10.4 Å². The van der Waals surface area contributed by atoms with Crippen LogP contribution in [0.2, 0.25) is 0 Å². The summed E-state index contributed by atoms with van der Waals surface area (Å²) in [6.45, 7) is 1.85. The van der Waals surface area contributed by atoms with Gasteiger partial charge in [-0.2, -0.15) is 0 Å². The minimum Gasteiger partial charge on any atom is -0.390 e. The van der Waals surface area contributed by atoms with Crippen LogP contribution in [0.25, 0.3) is 20.8 Å². The zero-order valence-corrected chi connectivity index (χ0v) is 18.0. The fraction of sp³-hybridized carbons (Fsp3) is 0.500. The van der Waals surface area contributed by atoms with Gasteiger partial charge in [0.25, 0.3) is 0 Å². The fourth-order valence-electron chi connectivity index (χ4n) is 4.09. The summed E-state index contributed by atoms with van der Waals surface area (Å²) < 4.78 is 1.14. The summed E-state index contributed by atoms with van der Waals surface area (Å²) in [6, 6.07) is 2.01. The molecule has 2 aliphatic rings. The van der Waals surface area contributed by atoms with Crippen LogP contribution in [0.3, 0.4) is 0 Å². The second-order valence-electron chi connectivity index (χ2n) is 8.24. The van der Waals surface area contributed by atoms with Gasteiger partial charge in [-0.1, -0.05) is 6.42 Å². The van der Waals surface area contributed by atoms with Crippen LogP contribution < -0.4 is 5.32 Å². The van der Waals surface area contributed by atoms with Gasteiger partial charge in [-0.15, -0.1) is 22.7 Å². The van der Waals surface area contributed by atoms with E-state index in [0.29, 0.717) is 18.6 Å². The number of thiazole rings is 1. The summed E-state index contributed by atoms with van der Waals surface area (Å²) in [7, 11) is 0. The largest absolute Gasteiger partial charge is 0.390 e. The zero-order chi connectivity index (χ0) is 19.8. The standard InChI is InChI=1S/C22H25N3O2S2.2H2/c26-14(3-1-2-6-22(27)7-8-22)11-18-20(15-4-9-24-13-19(15)28-18)21-25-16-12-23-10-5-17(16)29-21;;/h5,10,12,24,27H,1-4,6-9,11,13H2;2*1H. The molecule has 1 saturated carbocycles. The highest BCUT2D eigenvalue weighted by Crippen LogP contribution is 2.42. The Balaban J connectivity index is 0.00000136. The van der Waals surface area contributed by atoms with Gasteiger partial charge >= 0.3 is 0 Å². The summed E-state index contributed by atoms with van der Waals surface area (Å²) in [6.07, 6.45) is 10.2. The number of nitrogens with one attached hydrogen (secondary N) is 1. The molecule has 3 aromatic rings. The van der Waals surface area contributed by atoms with E-state index in [2.05, 4.69) is 10.3 Å². The van der Waals surface area contributed by atoms with Gasteiger partial charge in [-0.3, -0.25) is 9.78 Å². The van der Waals surface area contributed by atoms with Crippen molar-refractivity contribution in [1.82, 2.24) is 15.3 Å². The van der Waals surface area contributed by atoms with Crippen LogP contribution in [0.5, 0.6) is 0 Å². The number of ketones is 1. The van der Waals surface area contributed by atoms with Crippen molar-refractivity contribution in [1.29, 1.82) is 0 Å². The summed E-state index contributed by atoms with van der Waals surface area (Å²) in [4.78, 5) is 24.3. The normalized spacial score (nSPS) is 17.4. The number of hydrogen-bond acceptors (Lipinski definition) is 7. The number of carbonyl (C=O) groups is 1. The van der Waals surface area contributed by atoms with Crippen LogP contribution in [0.1, 0.15) is 56.7 Å². The highest BCUT2D eigenvalue weighted by molar-refractivity contribution is 7.22. The van der Waals surface area contributed by atoms with Gasteiger partial charge in [0.1, 0.15) is 16.3 Å². The lowest BCUT2D eigenvalue weighted by Crippen LogP contribution is -2.22. The van der Waals surface area contributed by atoms with Crippen molar-refractivity contribution < 1.29 is 12.8 Å². The third-order valence-electron chi connectivity index (χ3n) is 5.94. The molecule has 0 amide bonds. The number of fused-ring (bicyclic) bond motifs is 2. The van der Waals surface area contributed by atoms with E-state index in [9.17, 15) is 9.90 Å². The van der Waals surface area contributed by atoms with Crippen molar-refractivity contribution in [3.8, 4) is 10.6 Å². The monoisotopic (exact) mass is 431 g/mol. The fourth-order valence-corrected chi connectivity index (χ4v) is 6.54. The molecule has 0 spiro atoms. The molecule has 0 unspecified atom stereocenters. The first-order chi connectivity index (χ1) is 14.1. The molecule has 1 aliphatic carbocycles. The van der Waals surface area contributed by atoms with Crippen molar-refractivity contribution in [2.45, 2.75) is 63.5 Å². The van der Waals surface area contributed by atoms with Crippen molar-refractivity contribution in [2.75, 3.05) is 6.54 Å². The van der Waals surface area contributed by atoms with E-state index in [1.165, 1.54) is 16.0 Å². The van der Waals surface area contributed by atoms with Crippen molar-refractivity contribution in [3.63, 3.8) is 0 Å². The van der Waals surface area contributed by atoms with Crippen LogP contribution in [0, 0.1) is 0 Å². The van der Waals surface area contributed by atoms with Gasteiger partial charge in [0.05, 0.1) is 16.5 Å². The Morgan fingerprint density at radius 1 is 1.31 bits per heavy atom. The number of rotatable bonds is 8. The maximum absolute atomic E-state index is 12.7. The SMILES string of the molecule is O=C(CCCCC1(O)CC1)Cc1sc2c(c1-c1nc3cnccc3s1)CCNC2.[HH].[HH]. The predicted molar refractivity (Wildman–Crippen MR) is 122 cm³/mol. The summed E-state index contributed by atoms with van der Waals surface area (Å²) in [5.74, 6) is 0.295. The van der Waals surface area contributed by atoms with E-state index >= 15 is 0 Å². The molecule has 1 fully saturated rings. The Kier molecular flexibility index (Phi) is 5.24. The lowest BCUT2D eigenvalue weighted by atomic mass is 10.00. The van der Waals surface area contributed by atoms with Crippen molar-refractivity contribution in [2.24, 2.45) is 0 Å². The van der Waals surface area contributed by atoms with E-state index in [-0.39, 0.29) is 2.85 Å². The Hall–Kier alpha value is -1.67. The molecule has 156 valence electrons.